The zero-order valence-corrected chi connectivity index (χ0v) is 12.7. The molecule has 0 aliphatic carbocycles. The Labute approximate surface area is 127 Å². The number of nitrogens with one attached hydrogen (secondary N) is 2. The second-order valence-corrected chi connectivity index (χ2v) is 7.27. The Kier molecular flexibility index (Phi) is 4.51. The highest BCUT2D eigenvalue weighted by molar-refractivity contribution is 7.90. The van der Waals surface area contributed by atoms with Crippen molar-refractivity contribution in [1.82, 2.24) is 10.3 Å². The fourth-order valence-corrected chi connectivity index (χ4v) is 3.01. The van der Waals surface area contributed by atoms with Gasteiger partial charge in [0.2, 0.25) is 5.91 Å². The maximum absolute atomic E-state index is 12.0. The van der Waals surface area contributed by atoms with Gasteiger partial charge in [0.15, 0.2) is 0 Å². The number of H-pyrrole nitrogens is 1. The molecule has 1 heterocycles. The van der Waals surface area contributed by atoms with Gasteiger partial charge in [0.1, 0.15) is 15.9 Å². The molecule has 0 fully saturated rings. The van der Waals surface area contributed by atoms with Crippen LogP contribution in [0.25, 0.3) is 10.9 Å². The smallest absolute Gasteiger partial charge is 0.327 e. The SMILES string of the molecule is CS(=O)(=O)CC(NC(=O)Cc1c[nH]c2ccccc12)C(=O)O. The van der Waals surface area contributed by atoms with Crippen molar-refractivity contribution in [2.45, 2.75) is 12.5 Å². The molecule has 2 aromatic rings. The summed E-state index contributed by atoms with van der Waals surface area (Å²) >= 11 is 0. The normalized spacial score (nSPS) is 13.0. The summed E-state index contributed by atoms with van der Waals surface area (Å²) in [7, 11) is -3.51. The number of amides is 1. The number of fused-ring (bicyclic) bond motifs is 1. The summed E-state index contributed by atoms with van der Waals surface area (Å²) in [6.45, 7) is 0. The van der Waals surface area contributed by atoms with E-state index in [-0.39, 0.29) is 6.42 Å². The maximum atomic E-state index is 12.0. The third-order valence-electron chi connectivity index (χ3n) is 3.13. The minimum absolute atomic E-state index is 0.0302. The van der Waals surface area contributed by atoms with Crippen LogP contribution in [0.4, 0.5) is 0 Å². The lowest BCUT2D eigenvalue weighted by molar-refractivity contribution is -0.141. The molecule has 0 spiro atoms. The number of carboxylic acids is 1. The van der Waals surface area contributed by atoms with Crippen LogP contribution in [0.15, 0.2) is 30.5 Å². The highest BCUT2D eigenvalue weighted by Crippen LogP contribution is 2.18. The van der Waals surface area contributed by atoms with Gasteiger partial charge in [-0.15, -0.1) is 0 Å². The van der Waals surface area contributed by atoms with Gasteiger partial charge in [-0.25, -0.2) is 13.2 Å². The van der Waals surface area contributed by atoms with E-state index in [2.05, 4.69) is 10.3 Å². The summed E-state index contributed by atoms with van der Waals surface area (Å²) in [5.74, 6) is -2.55. The molecule has 0 aliphatic heterocycles. The van der Waals surface area contributed by atoms with Crippen LogP contribution in [-0.2, 0) is 25.8 Å². The number of aromatic amines is 1. The third kappa shape index (κ3) is 4.08. The first-order valence-corrected chi connectivity index (χ1v) is 8.57. The third-order valence-corrected chi connectivity index (χ3v) is 4.07. The van der Waals surface area contributed by atoms with E-state index in [1.165, 1.54) is 0 Å². The Bertz CT molecular complexity index is 810. The molecule has 118 valence electrons. The number of carboxylic acid groups (broad SMARTS) is 1. The van der Waals surface area contributed by atoms with Crippen LogP contribution >= 0.6 is 0 Å². The van der Waals surface area contributed by atoms with Gasteiger partial charge in [0.05, 0.1) is 12.2 Å². The molecule has 22 heavy (non-hydrogen) atoms. The van der Waals surface area contributed by atoms with Gasteiger partial charge in [-0.05, 0) is 11.6 Å². The molecule has 1 aromatic heterocycles. The van der Waals surface area contributed by atoms with Gasteiger partial charge in [-0.1, -0.05) is 18.2 Å². The number of aromatic nitrogens is 1. The molecule has 0 aliphatic rings. The monoisotopic (exact) mass is 324 g/mol. The van der Waals surface area contributed by atoms with Gasteiger partial charge in [0, 0.05) is 23.4 Å². The van der Waals surface area contributed by atoms with E-state index in [0.29, 0.717) is 0 Å². The van der Waals surface area contributed by atoms with Crippen LogP contribution in [0.1, 0.15) is 5.56 Å². The number of carbonyl (C=O) groups excluding carboxylic acids is 1. The van der Waals surface area contributed by atoms with Crippen LogP contribution in [0, 0.1) is 0 Å². The number of rotatable bonds is 6. The van der Waals surface area contributed by atoms with E-state index in [9.17, 15) is 18.0 Å². The lowest BCUT2D eigenvalue weighted by Gasteiger charge is -2.13. The van der Waals surface area contributed by atoms with Gasteiger partial charge < -0.3 is 15.4 Å². The van der Waals surface area contributed by atoms with E-state index < -0.39 is 33.5 Å². The predicted octanol–water partition coefficient (Wildman–Crippen LogP) is 0.324. The van der Waals surface area contributed by atoms with Crippen molar-refractivity contribution in [1.29, 1.82) is 0 Å². The van der Waals surface area contributed by atoms with Gasteiger partial charge in [0.25, 0.3) is 0 Å². The summed E-state index contributed by atoms with van der Waals surface area (Å²) in [5.41, 5.74) is 1.59. The number of para-hydroxylation sites is 1. The standard InChI is InChI=1S/C14H16N2O5S/c1-22(20,21)8-12(14(18)19)16-13(17)6-9-7-15-11-5-3-2-4-10(9)11/h2-5,7,12,15H,6,8H2,1H3,(H,16,17)(H,18,19). The number of sulfone groups is 1. The summed E-state index contributed by atoms with van der Waals surface area (Å²) in [5, 5.41) is 12.1. The minimum Gasteiger partial charge on any atom is -0.480 e. The highest BCUT2D eigenvalue weighted by Gasteiger charge is 2.24. The molecule has 0 bridgehead atoms. The Morgan fingerprint density at radius 2 is 2.00 bits per heavy atom. The first-order valence-electron chi connectivity index (χ1n) is 6.51. The molecule has 8 heteroatoms. The van der Waals surface area contributed by atoms with E-state index in [0.717, 1.165) is 22.7 Å². The molecule has 1 amide bonds. The molecule has 2 rings (SSSR count). The van der Waals surface area contributed by atoms with Crippen molar-refractivity contribution >= 4 is 32.6 Å². The molecule has 0 radical (unpaired) electrons. The van der Waals surface area contributed by atoms with Crippen molar-refractivity contribution in [2.24, 2.45) is 0 Å². The Balaban J connectivity index is 2.10. The van der Waals surface area contributed by atoms with Crippen molar-refractivity contribution in [3.05, 3.63) is 36.0 Å². The van der Waals surface area contributed by atoms with Gasteiger partial charge in [-0.3, -0.25) is 4.79 Å². The van der Waals surface area contributed by atoms with Crippen molar-refractivity contribution < 1.29 is 23.1 Å². The quantitative estimate of drug-likeness (QED) is 0.708. The average molecular weight is 324 g/mol. The average Bonchev–Trinajstić information content (AvgIpc) is 2.80. The van der Waals surface area contributed by atoms with Crippen molar-refractivity contribution in [3.63, 3.8) is 0 Å². The van der Waals surface area contributed by atoms with E-state index in [4.69, 9.17) is 5.11 Å². The molecule has 1 aromatic carbocycles. The van der Waals surface area contributed by atoms with Gasteiger partial charge >= 0.3 is 5.97 Å². The second kappa shape index (κ2) is 6.18. The molecular weight excluding hydrogens is 308 g/mol. The fraction of sp³-hybridized carbons (Fsp3) is 0.286. The summed E-state index contributed by atoms with van der Waals surface area (Å²) < 4.78 is 22.4. The summed E-state index contributed by atoms with van der Waals surface area (Å²) in [6.07, 6.45) is 2.57. The number of hydrogen-bond donors (Lipinski definition) is 3. The fourth-order valence-electron chi connectivity index (χ4n) is 2.17. The van der Waals surface area contributed by atoms with E-state index in [1.54, 1.807) is 6.20 Å². The minimum atomic E-state index is -3.51. The first-order chi connectivity index (χ1) is 10.3. The maximum Gasteiger partial charge on any atom is 0.327 e. The zero-order chi connectivity index (χ0) is 16.3. The van der Waals surface area contributed by atoms with Crippen molar-refractivity contribution in [3.8, 4) is 0 Å². The highest BCUT2D eigenvalue weighted by atomic mass is 32.2. The predicted molar refractivity (Wildman–Crippen MR) is 81.3 cm³/mol. The summed E-state index contributed by atoms with van der Waals surface area (Å²) in [4.78, 5) is 26.0. The summed E-state index contributed by atoms with van der Waals surface area (Å²) in [6, 6.07) is 5.95. The molecule has 0 saturated carbocycles. The lowest BCUT2D eigenvalue weighted by atomic mass is 10.1. The van der Waals surface area contributed by atoms with E-state index in [1.807, 2.05) is 24.3 Å². The van der Waals surface area contributed by atoms with Crippen LogP contribution in [-0.4, -0.2) is 48.4 Å². The molecule has 7 nitrogen and oxygen atoms in total. The second-order valence-electron chi connectivity index (χ2n) is 5.09. The largest absolute Gasteiger partial charge is 0.480 e. The number of aliphatic carboxylic acids is 1. The molecule has 3 N–H and O–H groups in total. The van der Waals surface area contributed by atoms with Crippen molar-refractivity contribution in [2.75, 3.05) is 12.0 Å². The number of carbonyl (C=O) groups is 2. The zero-order valence-electron chi connectivity index (χ0n) is 11.9. The Hall–Kier alpha value is -2.35. The van der Waals surface area contributed by atoms with Crippen LogP contribution in [0.3, 0.4) is 0 Å². The van der Waals surface area contributed by atoms with Gasteiger partial charge in [-0.2, -0.15) is 0 Å². The first kappa shape index (κ1) is 16.0. The molecule has 1 unspecified atom stereocenters. The van der Waals surface area contributed by atoms with Crippen LogP contribution in [0.2, 0.25) is 0 Å². The number of benzene rings is 1. The lowest BCUT2D eigenvalue weighted by Crippen LogP contribution is -2.45. The molecule has 1 atom stereocenters. The topological polar surface area (TPSA) is 116 Å². The van der Waals surface area contributed by atoms with Crippen LogP contribution in [0.5, 0.6) is 0 Å². The van der Waals surface area contributed by atoms with Crippen LogP contribution < -0.4 is 5.32 Å². The van der Waals surface area contributed by atoms with E-state index >= 15 is 0 Å². The Morgan fingerprint density at radius 3 is 2.64 bits per heavy atom. The number of hydrogen-bond acceptors (Lipinski definition) is 4. The molecular formula is C14H16N2O5S. The Morgan fingerprint density at radius 1 is 1.32 bits per heavy atom. The molecule has 0 saturated heterocycles.